The van der Waals surface area contributed by atoms with Crippen molar-refractivity contribution in [2.75, 3.05) is 6.26 Å². The lowest BCUT2D eigenvalue weighted by Crippen LogP contribution is -2.03. The zero-order valence-corrected chi connectivity index (χ0v) is 11.9. The molecule has 0 atom stereocenters. The fourth-order valence-corrected chi connectivity index (χ4v) is 2.55. The maximum absolute atomic E-state index is 4.31. The highest BCUT2D eigenvalue weighted by Gasteiger charge is 2.13. The van der Waals surface area contributed by atoms with Gasteiger partial charge >= 0.3 is 0 Å². The van der Waals surface area contributed by atoms with Crippen LogP contribution in [0.5, 0.6) is 0 Å². The molecule has 4 nitrogen and oxygen atoms in total. The number of rotatable bonds is 4. The Morgan fingerprint density at radius 2 is 1.90 bits per heavy atom. The Kier molecular flexibility index (Phi) is 3.78. The van der Waals surface area contributed by atoms with Crippen LogP contribution in [0.15, 0.2) is 60.0 Å². The summed E-state index contributed by atoms with van der Waals surface area (Å²) < 4.78 is 2.12. The van der Waals surface area contributed by atoms with Gasteiger partial charge in [-0.2, -0.15) is 0 Å². The summed E-state index contributed by atoms with van der Waals surface area (Å²) in [6.45, 7) is 0.758. The highest BCUT2D eigenvalue weighted by Crippen LogP contribution is 2.23. The largest absolute Gasteiger partial charge is 0.298 e. The third kappa shape index (κ3) is 2.58. The summed E-state index contributed by atoms with van der Waals surface area (Å²) in [5.41, 5.74) is 2.21. The molecule has 5 heteroatoms. The average Bonchev–Trinajstić information content (AvgIpc) is 2.92. The molecule has 0 amide bonds. The van der Waals surface area contributed by atoms with E-state index in [2.05, 4.69) is 31.9 Å². The van der Waals surface area contributed by atoms with Crippen molar-refractivity contribution in [2.45, 2.75) is 11.7 Å². The van der Waals surface area contributed by atoms with Crippen molar-refractivity contribution < 1.29 is 0 Å². The molecule has 0 saturated carbocycles. The number of hydrogen-bond acceptors (Lipinski definition) is 4. The van der Waals surface area contributed by atoms with Crippen molar-refractivity contribution in [1.82, 2.24) is 19.7 Å². The standard InChI is InChI=1S/C15H14N4S/c1-20-15-18-17-14(13-8-5-9-16-10-13)19(15)11-12-6-3-2-4-7-12/h2-10H,11H2,1H3. The maximum atomic E-state index is 4.31. The molecule has 0 aliphatic rings. The molecule has 100 valence electrons. The van der Waals surface area contributed by atoms with Crippen LogP contribution in [0.3, 0.4) is 0 Å². The van der Waals surface area contributed by atoms with Crippen LogP contribution < -0.4 is 0 Å². The lowest BCUT2D eigenvalue weighted by atomic mass is 10.2. The smallest absolute Gasteiger partial charge is 0.191 e. The normalized spacial score (nSPS) is 10.7. The van der Waals surface area contributed by atoms with Gasteiger partial charge in [0.1, 0.15) is 0 Å². The molecule has 0 spiro atoms. The number of pyridine rings is 1. The van der Waals surface area contributed by atoms with E-state index in [1.807, 2.05) is 42.8 Å². The number of aromatic nitrogens is 4. The van der Waals surface area contributed by atoms with Gasteiger partial charge in [-0.25, -0.2) is 0 Å². The van der Waals surface area contributed by atoms with Crippen LogP contribution >= 0.6 is 11.8 Å². The van der Waals surface area contributed by atoms with Gasteiger partial charge in [-0.05, 0) is 24.0 Å². The Morgan fingerprint density at radius 1 is 1.05 bits per heavy atom. The van der Waals surface area contributed by atoms with Gasteiger partial charge in [0.15, 0.2) is 11.0 Å². The minimum absolute atomic E-state index is 0.758. The van der Waals surface area contributed by atoms with Crippen molar-refractivity contribution >= 4 is 11.8 Å². The Morgan fingerprint density at radius 3 is 2.60 bits per heavy atom. The summed E-state index contributed by atoms with van der Waals surface area (Å²) in [5.74, 6) is 0.853. The minimum Gasteiger partial charge on any atom is -0.298 e. The number of nitrogens with zero attached hydrogens (tertiary/aromatic N) is 4. The molecule has 3 rings (SSSR count). The lowest BCUT2D eigenvalue weighted by molar-refractivity contribution is 0.715. The van der Waals surface area contributed by atoms with E-state index < -0.39 is 0 Å². The van der Waals surface area contributed by atoms with Crippen LogP contribution in [0.2, 0.25) is 0 Å². The molecular weight excluding hydrogens is 268 g/mol. The monoisotopic (exact) mass is 282 g/mol. The Labute approximate surface area is 121 Å². The number of hydrogen-bond donors (Lipinski definition) is 0. The lowest BCUT2D eigenvalue weighted by Gasteiger charge is -2.09. The summed E-state index contributed by atoms with van der Waals surface area (Å²) in [7, 11) is 0. The number of thioether (sulfide) groups is 1. The van der Waals surface area contributed by atoms with Crippen LogP contribution in [0.4, 0.5) is 0 Å². The molecular formula is C15H14N4S. The second-order valence-electron chi connectivity index (χ2n) is 4.32. The predicted octanol–water partition coefficient (Wildman–Crippen LogP) is 3.11. The zero-order chi connectivity index (χ0) is 13.8. The third-order valence-corrected chi connectivity index (χ3v) is 3.67. The molecule has 1 aromatic carbocycles. The van der Waals surface area contributed by atoms with E-state index in [1.54, 1.807) is 18.0 Å². The van der Waals surface area contributed by atoms with Gasteiger partial charge in [0.05, 0.1) is 6.54 Å². The number of benzene rings is 1. The third-order valence-electron chi connectivity index (χ3n) is 3.00. The van der Waals surface area contributed by atoms with Crippen LogP contribution in [-0.4, -0.2) is 26.0 Å². The van der Waals surface area contributed by atoms with Crippen molar-refractivity contribution in [3.05, 3.63) is 60.4 Å². The van der Waals surface area contributed by atoms with Crippen molar-refractivity contribution in [2.24, 2.45) is 0 Å². The van der Waals surface area contributed by atoms with Gasteiger partial charge in [-0.1, -0.05) is 42.1 Å². The van der Waals surface area contributed by atoms with Crippen molar-refractivity contribution in [1.29, 1.82) is 0 Å². The van der Waals surface area contributed by atoms with Crippen molar-refractivity contribution in [3.8, 4) is 11.4 Å². The molecule has 0 unspecified atom stereocenters. The van der Waals surface area contributed by atoms with Gasteiger partial charge in [0, 0.05) is 18.0 Å². The first-order valence-electron chi connectivity index (χ1n) is 6.30. The minimum atomic E-state index is 0.758. The van der Waals surface area contributed by atoms with E-state index in [0.717, 1.165) is 23.1 Å². The SMILES string of the molecule is CSc1nnc(-c2cccnc2)n1Cc1ccccc1. The molecule has 2 heterocycles. The summed E-state index contributed by atoms with van der Waals surface area (Å²) in [6.07, 6.45) is 5.59. The molecule has 3 aromatic rings. The van der Waals surface area contributed by atoms with E-state index in [-0.39, 0.29) is 0 Å². The Bertz CT molecular complexity index is 680. The van der Waals surface area contributed by atoms with Crippen LogP contribution in [0, 0.1) is 0 Å². The summed E-state index contributed by atoms with van der Waals surface area (Å²) >= 11 is 1.60. The quantitative estimate of drug-likeness (QED) is 0.690. The second kappa shape index (κ2) is 5.88. The Balaban J connectivity index is 2.02. The van der Waals surface area contributed by atoms with Gasteiger partial charge in [-0.15, -0.1) is 10.2 Å². The molecule has 2 aromatic heterocycles. The predicted molar refractivity (Wildman–Crippen MR) is 80.6 cm³/mol. The molecule has 0 N–H and O–H groups in total. The van der Waals surface area contributed by atoms with Gasteiger partial charge in [0.2, 0.25) is 0 Å². The molecule has 0 aliphatic heterocycles. The first-order chi connectivity index (χ1) is 9.88. The highest BCUT2D eigenvalue weighted by molar-refractivity contribution is 7.98. The average molecular weight is 282 g/mol. The summed E-state index contributed by atoms with van der Waals surface area (Å²) in [4.78, 5) is 4.16. The second-order valence-corrected chi connectivity index (χ2v) is 5.10. The van der Waals surface area contributed by atoms with E-state index in [1.165, 1.54) is 5.56 Å². The van der Waals surface area contributed by atoms with E-state index in [4.69, 9.17) is 0 Å². The molecule has 0 fully saturated rings. The van der Waals surface area contributed by atoms with E-state index in [0.29, 0.717) is 0 Å². The van der Waals surface area contributed by atoms with Gasteiger partial charge < -0.3 is 0 Å². The molecule has 0 aliphatic carbocycles. The van der Waals surface area contributed by atoms with Crippen LogP contribution in [-0.2, 0) is 6.54 Å². The molecule has 20 heavy (non-hydrogen) atoms. The van der Waals surface area contributed by atoms with Gasteiger partial charge in [0.25, 0.3) is 0 Å². The fourth-order valence-electron chi connectivity index (χ4n) is 2.06. The topological polar surface area (TPSA) is 43.6 Å². The maximum Gasteiger partial charge on any atom is 0.191 e. The fraction of sp³-hybridized carbons (Fsp3) is 0.133. The Hall–Kier alpha value is -2.14. The highest BCUT2D eigenvalue weighted by atomic mass is 32.2. The van der Waals surface area contributed by atoms with Crippen LogP contribution in [0.25, 0.3) is 11.4 Å². The van der Waals surface area contributed by atoms with E-state index in [9.17, 15) is 0 Å². The van der Waals surface area contributed by atoms with Crippen molar-refractivity contribution in [3.63, 3.8) is 0 Å². The van der Waals surface area contributed by atoms with E-state index >= 15 is 0 Å². The van der Waals surface area contributed by atoms with Crippen LogP contribution in [0.1, 0.15) is 5.56 Å². The molecule has 0 radical (unpaired) electrons. The first-order valence-corrected chi connectivity index (χ1v) is 7.52. The summed E-state index contributed by atoms with van der Waals surface area (Å²) in [6, 6.07) is 14.2. The molecule has 0 bridgehead atoms. The molecule has 0 saturated heterocycles. The first kappa shape index (κ1) is 12.9. The van der Waals surface area contributed by atoms with Gasteiger partial charge in [-0.3, -0.25) is 9.55 Å². The zero-order valence-electron chi connectivity index (χ0n) is 11.1. The summed E-state index contributed by atoms with van der Waals surface area (Å²) in [5, 5.41) is 9.47.